The Morgan fingerprint density at radius 1 is 0.188 bits per heavy atom. The average Bonchev–Trinajstić information content (AvgIpc) is 1.51. The van der Waals surface area contributed by atoms with E-state index in [1.807, 2.05) is 72.8 Å². The zero-order valence-corrected chi connectivity index (χ0v) is 49.0. The van der Waals surface area contributed by atoms with E-state index in [2.05, 4.69) is 230 Å². The fraction of sp³-hybridized carbons (Fsp3) is 0. The van der Waals surface area contributed by atoms with Crippen molar-refractivity contribution >= 4 is 43.6 Å². The normalized spacial score (nSPS) is 11.8. The first kappa shape index (κ1) is 53.0. The maximum Gasteiger partial charge on any atom is 0.143 e. The lowest BCUT2D eigenvalue weighted by molar-refractivity contribution is 0.775. The summed E-state index contributed by atoms with van der Waals surface area (Å²) in [5, 5.41) is 102. The summed E-state index contributed by atoms with van der Waals surface area (Å²) in [4.78, 5) is 0. The standard InChI is InChI=1S/C62H36N34/c1-3-7-57-55(5-1)61-59(95(57)53-21-37(41-13-45(87-29-63-71-79-87)25-46(14-41)88-30-64-72-80-88)11-38(22-53)42-15-47(89-31-65-73-81-89)26-48(16-42)90-32-66-74-82-90)9-10-60-62(61)56-6-2-4-8-58(56)96(60)54-23-39(43-17-49(91-33-67-75-83-91)27-50(18-43)92-34-68-76-84-92)12-40(24-54)44-19-51(93-35-69-77-85-93)28-52(20-44)94-36-70-78-86-94/h1-36H. The highest BCUT2D eigenvalue weighted by Crippen LogP contribution is 2.45. The van der Waals surface area contributed by atoms with Gasteiger partial charge in [-0.3, -0.25) is 0 Å². The van der Waals surface area contributed by atoms with Gasteiger partial charge in [-0.25, -0.2) is 37.5 Å². The molecule has 10 heterocycles. The average molecular weight is 1260 g/mol. The van der Waals surface area contributed by atoms with E-state index >= 15 is 0 Å². The molecule has 454 valence electrons. The van der Waals surface area contributed by atoms with Gasteiger partial charge in [-0.1, -0.05) is 36.4 Å². The number of benzene rings is 9. The summed E-state index contributed by atoms with van der Waals surface area (Å²) in [6.45, 7) is 0. The van der Waals surface area contributed by atoms with E-state index in [1.54, 1.807) is 88.1 Å². The molecule has 0 N–H and O–H groups in total. The predicted octanol–water partition coefficient (Wildman–Crippen LogP) is 6.35. The van der Waals surface area contributed by atoms with Crippen LogP contribution in [-0.4, -0.2) is 171 Å². The number of para-hydroxylation sites is 2. The lowest BCUT2D eigenvalue weighted by atomic mass is 9.96. The second-order valence-electron chi connectivity index (χ2n) is 22.1. The van der Waals surface area contributed by atoms with Gasteiger partial charge in [0.05, 0.1) is 67.6 Å². The third kappa shape index (κ3) is 8.97. The molecule has 10 aromatic heterocycles. The monoisotopic (exact) mass is 1260 g/mol. The molecule has 0 saturated carbocycles. The molecule has 19 rings (SSSR count). The van der Waals surface area contributed by atoms with Crippen LogP contribution in [0.15, 0.2) is 220 Å². The molecule has 0 bridgehead atoms. The molecule has 0 saturated heterocycles. The van der Waals surface area contributed by atoms with Gasteiger partial charge >= 0.3 is 0 Å². The molecule has 19 aromatic rings. The Morgan fingerprint density at radius 3 is 0.615 bits per heavy atom. The number of aromatic nitrogens is 34. The van der Waals surface area contributed by atoms with Crippen molar-refractivity contribution in [2.45, 2.75) is 0 Å². The number of fused-ring (bicyclic) bond motifs is 7. The first-order valence-electron chi connectivity index (χ1n) is 29.3. The van der Waals surface area contributed by atoms with Crippen molar-refractivity contribution < 1.29 is 0 Å². The van der Waals surface area contributed by atoms with Gasteiger partial charge in [0.2, 0.25) is 0 Å². The van der Waals surface area contributed by atoms with Crippen molar-refractivity contribution in [1.29, 1.82) is 0 Å². The second kappa shape index (κ2) is 21.4. The Kier molecular flexibility index (Phi) is 11.8. The minimum absolute atomic E-state index is 0.670. The quantitative estimate of drug-likeness (QED) is 0.114. The van der Waals surface area contributed by atoms with Crippen LogP contribution in [-0.2, 0) is 0 Å². The molecular formula is C62H36N34. The van der Waals surface area contributed by atoms with Crippen LogP contribution in [0.5, 0.6) is 0 Å². The summed E-state index contributed by atoms with van der Waals surface area (Å²) in [6, 6.07) is 58.3. The molecular weight excluding hydrogens is 1220 g/mol. The van der Waals surface area contributed by atoms with Crippen LogP contribution in [0.25, 0.3) is 145 Å². The van der Waals surface area contributed by atoms with Gasteiger partial charge in [0.15, 0.2) is 0 Å². The first-order chi connectivity index (χ1) is 47.5. The smallest absolute Gasteiger partial charge is 0.143 e. The van der Waals surface area contributed by atoms with E-state index in [0.717, 1.165) is 99.5 Å². The summed E-state index contributed by atoms with van der Waals surface area (Å²) in [5.41, 5.74) is 17.4. The number of nitrogens with zero attached hydrogens (tertiary/aromatic N) is 34. The molecule has 0 amide bonds. The molecule has 0 radical (unpaired) electrons. The summed E-state index contributed by atoms with van der Waals surface area (Å²) < 4.78 is 17.4. The van der Waals surface area contributed by atoms with Gasteiger partial charge in [-0.05, 0) is 261 Å². The van der Waals surface area contributed by atoms with Gasteiger partial charge in [0, 0.05) is 32.9 Å². The van der Waals surface area contributed by atoms with E-state index in [-0.39, 0.29) is 0 Å². The highest BCUT2D eigenvalue weighted by Gasteiger charge is 2.24. The van der Waals surface area contributed by atoms with E-state index in [4.69, 9.17) is 0 Å². The largest absolute Gasteiger partial charge is 0.309 e. The van der Waals surface area contributed by atoms with Crippen LogP contribution in [0.2, 0.25) is 0 Å². The highest BCUT2D eigenvalue weighted by atomic mass is 15.6. The van der Waals surface area contributed by atoms with Gasteiger partial charge in [0.1, 0.15) is 50.6 Å². The highest BCUT2D eigenvalue weighted by molar-refractivity contribution is 6.29. The summed E-state index contributed by atoms with van der Waals surface area (Å²) >= 11 is 0. The minimum Gasteiger partial charge on any atom is -0.309 e. The predicted molar refractivity (Wildman–Crippen MR) is 339 cm³/mol. The van der Waals surface area contributed by atoms with Crippen molar-refractivity contribution in [1.82, 2.24) is 171 Å². The fourth-order valence-electron chi connectivity index (χ4n) is 12.6. The van der Waals surface area contributed by atoms with Crippen molar-refractivity contribution in [3.05, 3.63) is 220 Å². The molecule has 0 atom stereocenters. The number of hydrogen-bond donors (Lipinski definition) is 0. The van der Waals surface area contributed by atoms with Crippen molar-refractivity contribution in [2.75, 3.05) is 0 Å². The molecule has 96 heavy (non-hydrogen) atoms. The Morgan fingerprint density at radius 2 is 0.396 bits per heavy atom. The minimum atomic E-state index is 0.670. The lowest BCUT2D eigenvalue weighted by Gasteiger charge is -2.17. The van der Waals surface area contributed by atoms with Gasteiger partial charge < -0.3 is 9.13 Å². The van der Waals surface area contributed by atoms with E-state index in [9.17, 15) is 0 Å². The zero-order valence-electron chi connectivity index (χ0n) is 49.0. The topological polar surface area (TPSA) is 359 Å². The summed E-state index contributed by atoms with van der Waals surface area (Å²) in [6.07, 6.45) is 12.3. The van der Waals surface area contributed by atoms with Crippen LogP contribution < -0.4 is 0 Å². The van der Waals surface area contributed by atoms with Crippen LogP contribution in [0.3, 0.4) is 0 Å². The van der Waals surface area contributed by atoms with Crippen molar-refractivity contribution in [2.24, 2.45) is 0 Å². The third-order valence-corrected chi connectivity index (χ3v) is 16.7. The molecule has 0 aliphatic carbocycles. The molecule has 0 unspecified atom stereocenters. The molecule has 0 fully saturated rings. The van der Waals surface area contributed by atoms with Gasteiger partial charge in [0.25, 0.3) is 0 Å². The summed E-state index contributed by atoms with van der Waals surface area (Å²) in [7, 11) is 0. The van der Waals surface area contributed by atoms with Crippen LogP contribution >= 0.6 is 0 Å². The lowest BCUT2D eigenvalue weighted by Crippen LogP contribution is -2.03. The van der Waals surface area contributed by atoms with E-state index in [1.165, 1.54) is 0 Å². The van der Waals surface area contributed by atoms with Crippen LogP contribution in [0, 0.1) is 0 Å². The van der Waals surface area contributed by atoms with Crippen LogP contribution in [0.1, 0.15) is 0 Å². The number of rotatable bonds is 14. The molecule has 0 aliphatic heterocycles. The number of tetrazole rings is 8. The second-order valence-corrected chi connectivity index (χ2v) is 22.1. The van der Waals surface area contributed by atoms with Crippen molar-refractivity contribution in [3.63, 3.8) is 0 Å². The number of hydrogen-bond acceptors (Lipinski definition) is 24. The maximum absolute atomic E-state index is 4.28. The third-order valence-electron chi connectivity index (χ3n) is 16.7. The van der Waals surface area contributed by atoms with E-state index in [0.29, 0.717) is 45.5 Å². The molecule has 0 spiro atoms. The fourth-order valence-corrected chi connectivity index (χ4v) is 12.6. The summed E-state index contributed by atoms with van der Waals surface area (Å²) in [5.74, 6) is 0. The Labute approximate surface area is 534 Å². The Bertz CT molecular complexity index is 5220. The molecule has 34 heteroatoms. The molecule has 34 nitrogen and oxygen atoms in total. The first-order valence-corrected chi connectivity index (χ1v) is 29.3. The SMILES string of the molecule is c1ccc2c(c1)c1c3c4ccccc4n(-c4cc(-c5cc(-n6cnnn6)cc(-n6cnnn6)c5)cc(-c5cc(-n6cnnn6)cc(-n6cnnn6)c5)c4)c3ccc1n2-c1cc(-c2cc(-n3cnnn3)cc(-n3cnnn3)c2)cc(-c2cc(-n3cnnn3)cc(-n3cnnn3)c2)c1. The van der Waals surface area contributed by atoms with Gasteiger partial charge in [-0.15, -0.1) is 40.8 Å². The van der Waals surface area contributed by atoms with Gasteiger partial charge in [-0.2, -0.15) is 0 Å². The van der Waals surface area contributed by atoms with Crippen LogP contribution in [0.4, 0.5) is 0 Å². The van der Waals surface area contributed by atoms with E-state index < -0.39 is 0 Å². The molecule has 0 aliphatic rings. The Hall–Kier alpha value is -14.9. The Balaban J connectivity index is 0.864. The maximum atomic E-state index is 4.28. The zero-order chi connectivity index (χ0) is 63.2. The van der Waals surface area contributed by atoms with Crippen molar-refractivity contribution in [3.8, 4) is 101 Å². The molecule has 9 aromatic carbocycles.